The third-order valence-electron chi connectivity index (χ3n) is 4.26. The zero-order valence-corrected chi connectivity index (χ0v) is 17.5. The van der Waals surface area contributed by atoms with Crippen LogP contribution >= 0.6 is 23.4 Å². The predicted molar refractivity (Wildman–Crippen MR) is 117 cm³/mol. The van der Waals surface area contributed by atoms with Gasteiger partial charge in [-0.25, -0.2) is 4.39 Å². The number of nitrogens with zero attached hydrogens (tertiary/aromatic N) is 4. The number of aromatic nitrogens is 4. The molecule has 0 atom stereocenters. The third-order valence-corrected chi connectivity index (χ3v) is 5.54. The second kappa shape index (κ2) is 8.73. The average Bonchev–Trinajstić information content (AvgIpc) is 3.25. The predicted octanol–water partition coefficient (Wildman–Crippen LogP) is 4.89. The molecular formula is C21H17ClFN5OS. The molecule has 0 bridgehead atoms. The summed E-state index contributed by atoms with van der Waals surface area (Å²) in [6.45, 7) is 2.03. The average molecular weight is 442 g/mol. The first kappa shape index (κ1) is 20.2. The normalized spacial score (nSPS) is 10.9. The van der Waals surface area contributed by atoms with E-state index in [0.29, 0.717) is 16.6 Å². The number of hydrogen-bond donors (Lipinski definition) is 1. The van der Waals surface area contributed by atoms with Gasteiger partial charge in [-0.3, -0.25) is 9.47 Å². The zero-order chi connectivity index (χ0) is 21.1. The summed E-state index contributed by atoms with van der Waals surface area (Å²) in [5.41, 5.74) is 2.33. The van der Waals surface area contributed by atoms with Crippen molar-refractivity contribution in [2.45, 2.75) is 17.8 Å². The second-order valence-corrected chi connectivity index (χ2v) is 7.89. The molecule has 0 fully saturated rings. The molecule has 152 valence electrons. The molecule has 30 heavy (non-hydrogen) atoms. The molecule has 2 heterocycles. The molecule has 9 heteroatoms. The van der Waals surface area contributed by atoms with Crippen molar-refractivity contribution in [2.24, 2.45) is 0 Å². The monoisotopic (exact) mass is 441 g/mol. The molecule has 0 amide bonds. The lowest BCUT2D eigenvalue weighted by Crippen LogP contribution is -2.30. The Bertz CT molecular complexity index is 1240. The molecule has 4 aromatic rings. The van der Waals surface area contributed by atoms with E-state index in [0.717, 1.165) is 5.56 Å². The Balaban J connectivity index is 1.68. The first-order valence-electron chi connectivity index (χ1n) is 9.05. The van der Waals surface area contributed by atoms with Crippen molar-refractivity contribution in [3.05, 3.63) is 99.3 Å². The Hall–Kier alpha value is -3.10. The Labute approximate surface area is 181 Å². The van der Waals surface area contributed by atoms with Gasteiger partial charge in [0.25, 0.3) is 0 Å². The zero-order valence-electron chi connectivity index (χ0n) is 15.9. The van der Waals surface area contributed by atoms with Crippen LogP contribution in [0.2, 0.25) is 5.02 Å². The van der Waals surface area contributed by atoms with Crippen molar-refractivity contribution in [1.29, 1.82) is 0 Å². The first-order valence-corrected chi connectivity index (χ1v) is 10.4. The molecule has 0 saturated carbocycles. The minimum atomic E-state index is -0.541. The van der Waals surface area contributed by atoms with Gasteiger partial charge in [0.1, 0.15) is 5.82 Å². The quantitative estimate of drug-likeness (QED) is 0.432. The van der Waals surface area contributed by atoms with Crippen molar-refractivity contribution in [3.8, 4) is 0 Å². The van der Waals surface area contributed by atoms with Crippen LogP contribution in [0.1, 0.15) is 11.1 Å². The van der Waals surface area contributed by atoms with Crippen LogP contribution in [0.15, 0.2) is 76.9 Å². The van der Waals surface area contributed by atoms with Gasteiger partial charge in [0, 0.05) is 23.8 Å². The highest BCUT2D eigenvalue weighted by atomic mass is 35.5. The molecule has 6 nitrogen and oxygen atoms in total. The van der Waals surface area contributed by atoms with Crippen molar-refractivity contribution in [3.63, 3.8) is 0 Å². The minimum Gasteiger partial charge on any atom is -0.334 e. The maximum Gasteiger partial charge on any atom is 0.316 e. The summed E-state index contributed by atoms with van der Waals surface area (Å²) in [5.74, 6) is 0.101. The van der Waals surface area contributed by atoms with Crippen molar-refractivity contribution >= 4 is 34.9 Å². The van der Waals surface area contributed by atoms with E-state index in [4.69, 9.17) is 11.6 Å². The molecule has 2 aromatic heterocycles. The Kier molecular flexibility index (Phi) is 5.87. The summed E-state index contributed by atoms with van der Waals surface area (Å²) in [5, 5.41) is 11.6. The molecule has 0 saturated heterocycles. The lowest BCUT2D eigenvalue weighted by atomic mass is 10.2. The van der Waals surface area contributed by atoms with E-state index < -0.39 is 11.4 Å². The third kappa shape index (κ3) is 4.39. The summed E-state index contributed by atoms with van der Waals surface area (Å²) in [6.07, 6.45) is 3.50. The lowest BCUT2D eigenvalue weighted by Gasteiger charge is -2.14. The molecule has 0 aliphatic heterocycles. The number of aryl methyl sites for hydroxylation is 1. The number of thioether (sulfide) groups is 1. The van der Waals surface area contributed by atoms with Crippen LogP contribution in [-0.2, 0) is 5.75 Å². The Morgan fingerprint density at radius 1 is 1.10 bits per heavy atom. The number of halogens is 2. The largest absolute Gasteiger partial charge is 0.334 e. The molecule has 0 spiro atoms. The number of hydrogen-bond acceptors (Lipinski definition) is 5. The summed E-state index contributed by atoms with van der Waals surface area (Å²) in [7, 11) is 0. The summed E-state index contributed by atoms with van der Waals surface area (Å²) in [4.78, 5) is 13.2. The van der Waals surface area contributed by atoms with Gasteiger partial charge in [-0.05, 0) is 42.8 Å². The SMILES string of the molecule is Cc1cccc(CSc2nnc(Nc3ccc(F)c(Cl)c3)c(=O)n2-n2cccc2)c1. The molecule has 2 aromatic carbocycles. The van der Waals surface area contributed by atoms with Gasteiger partial charge in [-0.1, -0.05) is 53.2 Å². The summed E-state index contributed by atoms with van der Waals surface area (Å²) in [6, 6.07) is 15.9. The van der Waals surface area contributed by atoms with Gasteiger partial charge < -0.3 is 5.32 Å². The highest BCUT2D eigenvalue weighted by Crippen LogP contribution is 2.23. The van der Waals surface area contributed by atoms with Crippen molar-refractivity contribution in [1.82, 2.24) is 19.5 Å². The van der Waals surface area contributed by atoms with E-state index in [1.165, 1.54) is 40.2 Å². The highest BCUT2D eigenvalue weighted by Gasteiger charge is 2.15. The topological polar surface area (TPSA) is 64.7 Å². The number of anilines is 2. The van der Waals surface area contributed by atoms with Crippen LogP contribution in [-0.4, -0.2) is 19.5 Å². The maximum absolute atomic E-state index is 13.4. The molecule has 0 aliphatic carbocycles. The fourth-order valence-electron chi connectivity index (χ4n) is 2.86. The van der Waals surface area contributed by atoms with Gasteiger partial charge >= 0.3 is 5.56 Å². The van der Waals surface area contributed by atoms with Crippen LogP contribution in [0.3, 0.4) is 0 Å². The van der Waals surface area contributed by atoms with Crippen LogP contribution < -0.4 is 10.9 Å². The molecule has 0 aliphatic rings. The van der Waals surface area contributed by atoms with Gasteiger partial charge in [0.05, 0.1) is 5.02 Å². The van der Waals surface area contributed by atoms with Crippen molar-refractivity contribution in [2.75, 3.05) is 5.32 Å². The van der Waals surface area contributed by atoms with Crippen LogP contribution in [0, 0.1) is 12.7 Å². The van der Waals surface area contributed by atoms with Gasteiger partial charge in [-0.2, -0.15) is 4.68 Å². The number of rotatable bonds is 6. The van der Waals surface area contributed by atoms with E-state index >= 15 is 0 Å². The number of nitrogens with one attached hydrogen (secondary N) is 1. The Morgan fingerprint density at radius 2 is 1.90 bits per heavy atom. The summed E-state index contributed by atoms with van der Waals surface area (Å²) < 4.78 is 16.5. The van der Waals surface area contributed by atoms with E-state index in [1.807, 2.05) is 37.3 Å². The Morgan fingerprint density at radius 3 is 2.63 bits per heavy atom. The smallest absolute Gasteiger partial charge is 0.316 e. The molecular weight excluding hydrogens is 425 g/mol. The highest BCUT2D eigenvalue weighted by molar-refractivity contribution is 7.98. The van der Waals surface area contributed by atoms with E-state index in [9.17, 15) is 9.18 Å². The summed E-state index contributed by atoms with van der Waals surface area (Å²) >= 11 is 7.24. The lowest BCUT2D eigenvalue weighted by molar-refractivity contribution is 0.533. The molecule has 0 unspecified atom stereocenters. The molecule has 1 N–H and O–H groups in total. The van der Waals surface area contributed by atoms with Gasteiger partial charge in [0.15, 0.2) is 0 Å². The fraction of sp³-hybridized carbons (Fsp3) is 0.0952. The second-order valence-electron chi connectivity index (χ2n) is 6.54. The van der Waals surface area contributed by atoms with Crippen LogP contribution in [0.25, 0.3) is 0 Å². The fourth-order valence-corrected chi connectivity index (χ4v) is 3.91. The van der Waals surface area contributed by atoms with E-state index in [-0.39, 0.29) is 10.8 Å². The molecule has 4 rings (SSSR count). The first-order chi connectivity index (χ1) is 14.5. The van der Waals surface area contributed by atoms with Gasteiger partial charge in [0.2, 0.25) is 11.0 Å². The van der Waals surface area contributed by atoms with Crippen molar-refractivity contribution < 1.29 is 4.39 Å². The molecule has 0 radical (unpaired) electrons. The standard InChI is InChI=1S/C21H17ClFN5OS/c1-14-5-4-6-15(11-14)13-30-21-26-25-19(20(29)28(21)27-9-2-3-10-27)24-16-7-8-18(23)17(22)12-16/h2-12H,13H2,1H3,(H,24,25). The van der Waals surface area contributed by atoms with Crippen LogP contribution in [0.5, 0.6) is 0 Å². The van der Waals surface area contributed by atoms with E-state index in [2.05, 4.69) is 21.6 Å². The minimum absolute atomic E-state index is 0.00582. The number of benzene rings is 2. The van der Waals surface area contributed by atoms with E-state index in [1.54, 1.807) is 17.1 Å². The van der Waals surface area contributed by atoms with Crippen LogP contribution in [0.4, 0.5) is 15.9 Å². The van der Waals surface area contributed by atoms with Gasteiger partial charge in [-0.15, -0.1) is 10.2 Å². The maximum atomic E-state index is 13.4.